The van der Waals surface area contributed by atoms with Crippen LogP contribution in [0.1, 0.15) is 18.9 Å². The zero-order valence-electron chi connectivity index (χ0n) is 11.9. The summed E-state index contributed by atoms with van der Waals surface area (Å²) in [4.78, 5) is 2.48. The molecule has 1 fully saturated rings. The Kier molecular flexibility index (Phi) is 4.12. The smallest absolute Gasteiger partial charge is 0.142 e. The topological polar surface area (TPSA) is 24.5 Å². The van der Waals surface area contributed by atoms with Crippen molar-refractivity contribution in [2.75, 3.05) is 32.1 Å². The van der Waals surface area contributed by atoms with Crippen LogP contribution in [0.3, 0.4) is 0 Å². The van der Waals surface area contributed by atoms with Gasteiger partial charge in [-0.15, -0.1) is 0 Å². The lowest BCUT2D eigenvalue weighted by atomic mass is 10.0. The van der Waals surface area contributed by atoms with E-state index in [9.17, 15) is 0 Å². The molecular weight excluding hydrogens is 224 g/mol. The largest absolute Gasteiger partial charge is 0.495 e. The van der Waals surface area contributed by atoms with E-state index in [2.05, 4.69) is 42.3 Å². The molecule has 1 heterocycles. The SMILES string of the molecule is CNCC1CCN(c2cc(C)ccc2OC)C1C. The number of rotatable bonds is 4. The van der Waals surface area contributed by atoms with Gasteiger partial charge in [0.25, 0.3) is 0 Å². The fourth-order valence-electron chi connectivity index (χ4n) is 2.90. The molecule has 1 aromatic carbocycles. The summed E-state index contributed by atoms with van der Waals surface area (Å²) >= 11 is 0. The van der Waals surface area contributed by atoms with Crippen LogP contribution in [-0.4, -0.2) is 33.3 Å². The Hall–Kier alpha value is -1.22. The monoisotopic (exact) mass is 248 g/mol. The van der Waals surface area contributed by atoms with Gasteiger partial charge in [0.05, 0.1) is 12.8 Å². The van der Waals surface area contributed by atoms with Crippen molar-refractivity contribution in [1.82, 2.24) is 5.32 Å². The maximum Gasteiger partial charge on any atom is 0.142 e. The first-order chi connectivity index (χ1) is 8.67. The van der Waals surface area contributed by atoms with Gasteiger partial charge >= 0.3 is 0 Å². The van der Waals surface area contributed by atoms with Gasteiger partial charge in [0.2, 0.25) is 0 Å². The fourth-order valence-corrected chi connectivity index (χ4v) is 2.90. The molecule has 1 N–H and O–H groups in total. The number of nitrogens with zero attached hydrogens (tertiary/aromatic N) is 1. The van der Waals surface area contributed by atoms with E-state index in [4.69, 9.17) is 4.74 Å². The molecule has 3 nitrogen and oxygen atoms in total. The molecule has 100 valence electrons. The second-order valence-corrected chi connectivity index (χ2v) is 5.22. The van der Waals surface area contributed by atoms with Crippen LogP contribution in [-0.2, 0) is 0 Å². The van der Waals surface area contributed by atoms with E-state index < -0.39 is 0 Å². The molecule has 1 saturated heterocycles. The minimum atomic E-state index is 0.563. The number of benzene rings is 1. The molecule has 2 unspecified atom stereocenters. The molecule has 1 aliphatic heterocycles. The molecule has 0 aliphatic carbocycles. The fraction of sp³-hybridized carbons (Fsp3) is 0.600. The second kappa shape index (κ2) is 5.61. The third-order valence-electron chi connectivity index (χ3n) is 4.02. The van der Waals surface area contributed by atoms with Crippen molar-refractivity contribution in [3.05, 3.63) is 23.8 Å². The molecule has 1 aliphatic rings. The number of aryl methyl sites for hydroxylation is 1. The highest BCUT2D eigenvalue weighted by Gasteiger charge is 2.31. The van der Waals surface area contributed by atoms with Crippen LogP contribution in [0.25, 0.3) is 0 Å². The zero-order valence-corrected chi connectivity index (χ0v) is 11.9. The Bertz CT molecular complexity index is 405. The maximum atomic E-state index is 5.50. The Balaban J connectivity index is 2.24. The van der Waals surface area contributed by atoms with Gasteiger partial charge in [-0.3, -0.25) is 0 Å². The van der Waals surface area contributed by atoms with E-state index in [1.54, 1.807) is 7.11 Å². The third kappa shape index (κ3) is 2.46. The van der Waals surface area contributed by atoms with Crippen molar-refractivity contribution >= 4 is 5.69 Å². The summed E-state index contributed by atoms with van der Waals surface area (Å²) < 4.78 is 5.50. The highest BCUT2D eigenvalue weighted by Crippen LogP contribution is 2.36. The molecule has 18 heavy (non-hydrogen) atoms. The molecule has 0 aromatic heterocycles. The molecule has 3 heteroatoms. The van der Waals surface area contributed by atoms with Gasteiger partial charge in [0.1, 0.15) is 5.75 Å². The van der Waals surface area contributed by atoms with Crippen molar-refractivity contribution in [2.45, 2.75) is 26.3 Å². The number of hydrogen-bond acceptors (Lipinski definition) is 3. The Morgan fingerprint density at radius 1 is 1.44 bits per heavy atom. The highest BCUT2D eigenvalue weighted by atomic mass is 16.5. The van der Waals surface area contributed by atoms with E-state index in [0.29, 0.717) is 6.04 Å². The highest BCUT2D eigenvalue weighted by molar-refractivity contribution is 5.61. The summed E-state index contributed by atoms with van der Waals surface area (Å²) in [5.74, 6) is 1.71. The maximum absolute atomic E-state index is 5.50. The first-order valence-corrected chi connectivity index (χ1v) is 6.73. The van der Waals surface area contributed by atoms with Crippen LogP contribution in [0.4, 0.5) is 5.69 Å². The number of ether oxygens (including phenoxy) is 1. The lowest BCUT2D eigenvalue weighted by Crippen LogP contribution is -2.33. The lowest BCUT2D eigenvalue weighted by molar-refractivity contribution is 0.412. The predicted octanol–water partition coefficient (Wildman–Crippen LogP) is 2.44. The van der Waals surface area contributed by atoms with Crippen LogP contribution < -0.4 is 15.0 Å². The average molecular weight is 248 g/mol. The molecule has 0 bridgehead atoms. The third-order valence-corrected chi connectivity index (χ3v) is 4.02. The minimum absolute atomic E-state index is 0.563. The second-order valence-electron chi connectivity index (χ2n) is 5.22. The van der Waals surface area contributed by atoms with Crippen molar-refractivity contribution in [2.24, 2.45) is 5.92 Å². The van der Waals surface area contributed by atoms with Crippen molar-refractivity contribution in [1.29, 1.82) is 0 Å². The van der Waals surface area contributed by atoms with Gasteiger partial charge in [-0.2, -0.15) is 0 Å². The van der Waals surface area contributed by atoms with Crippen LogP contribution >= 0.6 is 0 Å². The number of anilines is 1. The van der Waals surface area contributed by atoms with E-state index >= 15 is 0 Å². The van der Waals surface area contributed by atoms with Gasteiger partial charge in [-0.25, -0.2) is 0 Å². The molecular formula is C15H24N2O. The Morgan fingerprint density at radius 2 is 2.22 bits per heavy atom. The number of hydrogen-bond donors (Lipinski definition) is 1. The summed E-state index contributed by atoms with van der Waals surface area (Å²) in [7, 11) is 3.78. The molecule has 0 amide bonds. The van der Waals surface area contributed by atoms with Crippen molar-refractivity contribution in [3.63, 3.8) is 0 Å². The van der Waals surface area contributed by atoms with Crippen LogP contribution in [0.5, 0.6) is 5.75 Å². The molecule has 2 atom stereocenters. The number of nitrogens with one attached hydrogen (secondary N) is 1. The summed E-state index contributed by atoms with van der Waals surface area (Å²) in [6.45, 7) is 6.66. The van der Waals surface area contributed by atoms with Gasteiger partial charge in [-0.1, -0.05) is 6.07 Å². The van der Waals surface area contributed by atoms with E-state index in [1.807, 2.05) is 7.05 Å². The van der Waals surface area contributed by atoms with Crippen LogP contribution in [0, 0.1) is 12.8 Å². The van der Waals surface area contributed by atoms with Crippen LogP contribution in [0.15, 0.2) is 18.2 Å². The minimum Gasteiger partial charge on any atom is -0.495 e. The summed E-state index contributed by atoms with van der Waals surface area (Å²) in [6.07, 6.45) is 1.25. The van der Waals surface area contributed by atoms with E-state index in [1.165, 1.54) is 17.7 Å². The van der Waals surface area contributed by atoms with E-state index in [-0.39, 0.29) is 0 Å². The Morgan fingerprint density at radius 3 is 2.89 bits per heavy atom. The molecule has 0 spiro atoms. The zero-order chi connectivity index (χ0) is 13.1. The predicted molar refractivity (Wildman–Crippen MR) is 76.6 cm³/mol. The molecule has 2 rings (SSSR count). The standard InChI is InChI=1S/C15H24N2O/c1-11-5-6-15(18-4)14(9-11)17-8-7-13(10-16-3)12(17)2/h5-6,9,12-13,16H,7-8,10H2,1-4H3. The number of methoxy groups -OCH3 is 1. The normalized spacial score (nSPS) is 23.4. The van der Waals surface area contributed by atoms with Gasteiger partial charge < -0.3 is 15.0 Å². The Labute approximate surface area is 110 Å². The molecule has 0 radical (unpaired) electrons. The molecule has 1 aromatic rings. The first-order valence-electron chi connectivity index (χ1n) is 6.73. The van der Waals surface area contributed by atoms with Gasteiger partial charge in [0, 0.05) is 12.6 Å². The van der Waals surface area contributed by atoms with Crippen LogP contribution in [0.2, 0.25) is 0 Å². The lowest BCUT2D eigenvalue weighted by Gasteiger charge is -2.28. The van der Waals surface area contributed by atoms with E-state index in [0.717, 1.165) is 24.8 Å². The molecule has 0 saturated carbocycles. The van der Waals surface area contributed by atoms with Gasteiger partial charge in [0.15, 0.2) is 0 Å². The van der Waals surface area contributed by atoms with Crippen molar-refractivity contribution < 1.29 is 4.74 Å². The quantitative estimate of drug-likeness (QED) is 0.885. The average Bonchev–Trinajstić information content (AvgIpc) is 2.72. The first kappa shape index (κ1) is 13.2. The van der Waals surface area contributed by atoms with Gasteiger partial charge in [-0.05, 0) is 57.5 Å². The summed E-state index contributed by atoms with van der Waals surface area (Å²) in [5.41, 5.74) is 2.53. The summed E-state index contributed by atoms with van der Waals surface area (Å²) in [5, 5.41) is 3.29. The van der Waals surface area contributed by atoms with Crippen molar-refractivity contribution in [3.8, 4) is 5.75 Å². The summed E-state index contributed by atoms with van der Waals surface area (Å²) in [6, 6.07) is 6.97.